The third-order valence-electron chi connectivity index (χ3n) is 2.52. The van der Waals surface area contributed by atoms with E-state index in [1.165, 1.54) is 6.07 Å². The van der Waals surface area contributed by atoms with E-state index < -0.39 is 4.92 Å². The molecule has 0 radical (unpaired) electrons. The molecule has 1 aromatic carbocycles. The first-order valence-electron chi connectivity index (χ1n) is 4.85. The van der Waals surface area contributed by atoms with E-state index in [1.807, 2.05) is 0 Å². The van der Waals surface area contributed by atoms with Crippen LogP contribution in [0.3, 0.4) is 0 Å². The zero-order valence-electron chi connectivity index (χ0n) is 8.33. The van der Waals surface area contributed by atoms with Crippen molar-refractivity contribution >= 4 is 28.9 Å². The average molecular weight is 241 g/mol. The van der Waals surface area contributed by atoms with Crippen LogP contribution in [0.5, 0.6) is 0 Å². The summed E-state index contributed by atoms with van der Waals surface area (Å²) in [4.78, 5) is 21.5. The van der Waals surface area contributed by atoms with Crippen molar-refractivity contribution in [2.45, 2.75) is 19.3 Å². The largest absolute Gasteiger partial charge is 0.324 e. The number of aryl methyl sites for hydroxylation is 1. The molecule has 0 fully saturated rings. The first-order chi connectivity index (χ1) is 7.59. The number of carbonyl (C=O) groups excluding carboxylic acids is 1. The normalized spacial score (nSPS) is 14.9. The molecule has 0 bridgehead atoms. The van der Waals surface area contributed by atoms with Crippen molar-refractivity contribution < 1.29 is 9.72 Å². The van der Waals surface area contributed by atoms with Crippen LogP contribution >= 0.6 is 11.6 Å². The van der Waals surface area contributed by atoms with E-state index in [0.717, 1.165) is 12.0 Å². The second kappa shape index (κ2) is 4.09. The van der Waals surface area contributed by atoms with E-state index in [4.69, 9.17) is 11.6 Å². The molecule has 0 atom stereocenters. The maximum Gasteiger partial charge on any atom is 0.290 e. The molecular formula is C10H9ClN2O3. The molecule has 1 aliphatic heterocycles. The van der Waals surface area contributed by atoms with Crippen LogP contribution in [0.4, 0.5) is 11.4 Å². The van der Waals surface area contributed by atoms with Crippen LogP contribution in [0.1, 0.15) is 18.4 Å². The van der Waals surface area contributed by atoms with Crippen molar-refractivity contribution in [3.63, 3.8) is 0 Å². The van der Waals surface area contributed by atoms with E-state index in [0.29, 0.717) is 18.5 Å². The van der Waals surface area contributed by atoms with Gasteiger partial charge in [-0.3, -0.25) is 14.9 Å². The molecular weight excluding hydrogens is 232 g/mol. The summed E-state index contributed by atoms with van der Waals surface area (Å²) < 4.78 is 0. The van der Waals surface area contributed by atoms with E-state index >= 15 is 0 Å². The quantitative estimate of drug-likeness (QED) is 0.606. The van der Waals surface area contributed by atoms with Gasteiger partial charge in [0.15, 0.2) is 0 Å². The number of nitrogens with zero attached hydrogens (tertiary/aromatic N) is 1. The van der Waals surface area contributed by atoms with Gasteiger partial charge in [-0.05, 0) is 18.4 Å². The van der Waals surface area contributed by atoms with Crippen LogP contribution in [-0.4, -0.2) is 10.8 Å². The summed E-state index contributed by atoms with van der Waals surface area (Å²) in [5, 5.41) is 13.3. The van der Waals surface area contributed by atoms with E-state index in [2.05, 4.69) is 5.32 Å². The molecule has 0 aromatic heterocycles. The Morgan fingerprint density at radius 2 is 2.12 bits per heavy atom. The third kappa shape index (κ3) is 1.86. The van der Waals surface area contributed by atoms with Crippen LogP contribution in [0.25, 0.3) is 0 Å². The number of hydrogen-bond donors (Lipinski definition) is 1. The van der Waals surface area contributed by atoms with Gasteiger partial charge in [-0.25, -0.2) is 0 Å². The molecule has 1 aliphatic rings. The highest BCUT2D eigenvalue weighted by Crippen LogP contribution is 2.36. The molecule has 1 aromatic rings. The highest BCUT2D eigenvalue weighted by atomic mass is 35.5. The zero-order chi connectivity index (χ0) is 11.7. The van der Waals surface area contributed by atoms with Crippen LogP contribution in [0.15, 0.2) is 12.1 Å². The minimum atomic E-state index is -0.556. The van der Waals surface area contributed by atoms with Crippen LogP contribution in [0.2, 0.25) is 5.02 Å². The van der Waals surface area contributed by atoms with Crippen molar-refractivity contribution in [2.75, 3.05) is 5.32 Å². The molecule has 84 valence electrons. The Morgan fingerprint density at radius 1 is 1.38 bits per heavy atom. The van der Waals surface area contributed by atoms with Gasteiger partial charge in [0.1, 0.15) is 5.02 Å². The molecule has 5 nitrogen and oxygen atoms in total. The lowest BCUT2D eigenvalue weighted by molar-refractivity contribution is -0.384. The van der Waals surface area contributed by atoms with Crippen LogP contribution in [-0.2, 0) is 11.2 Å². The smallest absolute Gasteiger partial charge is 0.290 e. The maximum absolute atomic E-state index is 11.3. The number of amides is 1. The minimum Gasteiger partial charge on any atom is -0.324 e. The molecule has 0 spiro atoms. The number of hydrogen-bond acceptors (Lipinski definition) is 3. The number of fused-ring (bicyclic) bond motifs is 1. The summed E-state index contributed by atoms with van der Waals surface area (Å²) in [6, 6.07) is 3.02. The van der Waals surface area contributed by atoms with Crippen LogP contribution in [0, 0.1) is 10.1 Å². The van der Waals surface area contributed by atoms with E-state index in [1.54, 1.807) is 6.07 Å². The van der Waals surface area contributed by atoms with Crippen molar-refractivity contribution in [3.8, 4) is 0 Å². The first-order valence-corrected chi connectivity index (χ1v) is 5.23. The topological polar surface area (TPSA) is 72.2 Å². The third-order valence-corrected chi connectivity index (χ3v) is 2.90. The zero-order valence-corrected chi connectivity index (χ0v) is 9.08. The SMILES string of the molecule is O=C1CCCc2ccc([N+](=O)[O-])c(Cl)c2N1. The lowest BCUT2D eigenvalue weighted by Crippen LogP contribution is -2.10. The van der Waals surface area contributed by atoms with Crippen molar-refractivity contribution in [1.82, 2.24) is 0 Å². The van der Waals surface area contributed by atoms with Gasteiger partial charge in [0.05, 0.1) is 10.6 Å². The van der Waals surface area contributed by atoms with Gasteiger partial charge in [0.25, 0.3) is 5.69 Å². The maximum atomic E-state index is 11.3. The molecule has 2 rings (SSSR count). The Kier molecular flexibility index (Phi) is 2.78. The van der Waals surface area contributed by atoms with Crippen molar-refractivity contribution in [2.24, 2.45) is 0 Å². The van der Waals surface area contributed by atoms with Gasteiger partial charge < -0.3 is 5.32 Å². The lowest BCUT2D eigenvalue weighted by atomic mass is 10.1. The second-order valence-corrected chi connectivity index (χ2v) is 3.97. The Morgan fingerprint density at radius 3 is 2.81 bits per heavy atom. The van der Waals surface area contributed by atoms with Gasteiger partial charge in [-0.1, -0.05) is 17.7 Å². The van der Waals surface area contributed by atoms with Gasteiger partial charge >= 0.3 is 0 Å². The van der Waals surface area contributed by atoms with Crippen LogP contribution < -0.4 is 5.32 Å². The monoisotopic (exact) mass is 240 g/mol. The number of nitrogens with one attached hydrogen (secondary N) is 1. The molecule has 16 heavy (non-hydrogen) atoms. The highest BCUT2D eigenvalue weighted by molar-refractivity contribution is 6.36. The Bertz CT molecular complexity index is 473. The van der Waals surface area contributed by atoms with Crippen molar-refractivity contribution in [3.05, 3.63) is 32.8 Å². The molecule has 0 aliphatic carbocycles. The predicted molar refractivity (Wildman–Crippen MR) is 59.7 cm³/mol. The summed E-state index contributed by atoms with van der Waals surface area (Å²) in [5.41, 5.74) is 1.06. The number of anilines is 1. The number of benzene rings is 1. The summed E-state index contributed by atoms with van der Waals surface area (Å²) in [5.74, 6) is -0.152. The lowest BCUT2D eigenvalue weighted by Gasteiger charge is -2.08. The number of nitro benzene ring substituents is 1. The molecule has 0 saturated heterocycles. The molecule has 1 amide bonds. The summed E-state index contributed by atoms with van der Waals surface area (Å²) in [7, 11) is 0. The summed E-state index contributed by atoms with van der Waals surface area (Å²) >= 11 is 5.90. The molecule has 0 unspecified atom stereocenters. The number of rotatable bonds is 1. The minimum absolute atomic E-state index is 0.0118. The highest BCUT2D eigenvalue weighted by Gasteiger charge is 2.22. The van der Waals surface area contributed by atoms with Crippen molar-refractivity contribution in [1.29, 1.82) is 0 Å². The fourth-order valence-corrected chi connectivity index (χ4v) is 2.03. The van der Waals surface area contributed by atoms with Gasteiger partial charge in [0.2, 0.25) is 5.91 Å². The molecule has 1 heterocycles. The Labute approximate surface area is 96.6 Å². The number of halogens is 1. The number of nitro groups is 1. The Hall–Kier alpha value is -1.62. The average Bonchev–Trinajstić information content (AvgIpc) is 2.40. The second-order valence-electron chi connectivity index (χ2n) is 3.59. The first kappa shape index (κ1) is 10.9. The van der Waals surface area contributed by atoms with Gasteiger partial charge in [0, 0.05) is 12.5 Å². The molecule has 0 saturated carbocycles. The summed E-state index contributed by atoms with van der Waals surface area (Å²) in [6.45, 7) is 0. The fourth-order valence-electron chi connectivity index (χ4n) is 1.73. The van der Waals surface area contributed by atoms with Gasteiger partial charge in [-0.15, -0.1) is 0 Å². The van der Waals surface area contributed by atoms with E-state index in [-0.39, 0.29) is 16.6 Å². The standard InChI is InChI=1S/C10H9ClN2O3/c11-9-7(13(15)16)5-4-6-2-1-3-8(14)12-10(6)9/h4-5H,1-3H2,(H,12,14). The van der Waals surface area contributed by atoms with Gasteiger partial charge in [-0.2, -0.15) is 0 Å². The number of carbonyl (C=O) groups is 1. The summed E-state index contributed by atoms with van der Waals surface area (Å²) in [6.07, 6.45) is 1.84. The molecule has 1 N–H and O–H groups in total. The van der Waals surface area contributed by atoms with E-state index in [9.17, 15) is 14.9 Å². The predicted octanol–water partition coefficient (Wildman–Crippen LogP) is 2.52. The Balaban J connectivity index is 2.54. The fraction of sp³-hybridized carbons (Fsp3) is 0.300. The molecule has 6 heteroatoms.